The van der Waals surface area contributed by atoms with Crippen LogP contribution in [0.3, 0.4) is 0 Å². The molecule has 1 rings (SSSR count). The molecule has 0 saturated carbocycles. The molecule has 1 aromatic heterocycles. The van der Waals surface area contributed by atoms with E-state index >= 15 is 0 Å². The van der Waals surface area contributed by atoms with Crippen molar-refractivity contribution in [3.8, 4) is 0 Å². The van der Waals surface area contributed by atoms with Crippen LogP contribution in [0.2, 0.25) is 0 Å². The molecule has 10 nitrogen and oxygen atoms in total. The average Bonchev–Trinajstić information content (AvgIpc) is 3.06. The smallest absolute Gasteiger partial charge is 0.245 e. The van der Waals surface area contributed by atoms with E-state index in [-0.39, 0.29) is 11.7 Å². The van der Waals surface area contributed by atoms with Crippen molar-refractivity contribution in [3.05, 3.63) is 101 Å². The number of hydrazine groups is 1. The van der Waals surface area contributed by atoms with E-state index in [1.54, 1.807) is 17.7 Å². The van der Waals surface area contributed by atoms with E-state index in [0.29, 0.717) is 37.5 Å². The number of amidine groups is 1. The molecule has 252 valence electrons. The van der Waals surface area contributed by atoms with Crippen LogP contribution in [0.4, 0.5) is 0 Å². The second kappa shape index (κ2) is 23.4. The zero-order chi connectivity index (χ0) is 34.3. The first kappa shape index (κ1) is 40.0. The summed E-state index contributed by atoms with van der Waals surface area (Å²) in [5.74, 6) is 11.7. The molecule has 0 aliphatic heterocycles. The summed E-state index contributed by atoms with van der Waals surface area (Å²) in [5.41, 5.74) is 8.23. The number of hydrogen-bond acceptors (Lipinski definition) is 7. The summed E-state index contributed by atoms with van der Waals surface area (Å²) in [6.45, 7) is 17.0. The van der Waals surface area contributed by atoms with E-state index in [4.69, 9.17) is 33.1 Å². The molecular weight excluding hydrogens is 600 g/mol. The Morgan fingerprint density at radius 3 is 2.54 bits per heavy atom. The van der Waals surface area contributed by atoms with Crippen LogP contribution in [0.1, 0.15) is 66.5 Å². The van der Waals surface area contributed by atoms with E-state index in [1.165, 1.54) is 0 Å². The van der Waals surface area contributed by atoms with Gasteiger partial charge in [-0.05, 0) is 70.2 Å². The van der Waals surface area contributed by atoms with Crippen molar-refractivity contribution in [2.75, 3.05) is 19.1 Å². The summed E-state index contributed by atoms with van der Waals surface area (Å²) in [5, 5.41) is 11.6. The number of hydrogen-bond donors (Lipinski definition) is 4. The largest absolute Gasteiger partial charge is 0.373 e. The molecule has 0 radical (unpaired) electrons. The highest BCUT2D eigenvalue weighted by molar-refractivity contribution is 6.19. The Hall–Kier alpha value is -3.99. The third-order valence-corrected chi connectivity index (χ3v) is 7.34. The highest BCUT2D eigenvalue weighted by Gasteiger charge is 2.22. The van der Waals surface area contributed by atoms with Gasteiger partial charge in [0.25, 0.3) is 0 Å². The van der Waals surface area contributed by atoms with Crippen LogP contribution in [0.15, 0.2) is 100 Å². The van der Waals surface area contributed by atoms with E-state index < -0.39 is 12.1 Å². The van der Waals surface area contributed by atoms with Gasteiger partial charge in [-0.15, -0.1) is 11.6 Å². The zero-order valence-electron chi connectivity index (χ0n) is 28.3. The number of halogens is 1. The Kier molecular flexibility index (Phi) is 20.3. The quantitative estimate of drug-likeness (QED) is 0.0300. The SMILES string of the molecule is C=C/C=C\C=C(/C)COC/C=C\C(=C/C)CC(NC(=O)C(C)N=c1ccc(/C(=C/C=C(\CC)CCl)CC)nn1CC)/C(=N/N)NN. The fraction of sp³-hybridized carbons (Fsp3) is 0.429. The van der Waals surface area contributed by atoms with Crippen molar-refractivity contribution >= 4 is 28.9 Å². The first-order valence-corrected chi connectivity index (χ1v) is 16.2. The first-order chi connectivity index (χ1) is 22.2. The molecule has 2 atom stereocenters. The maximum absolute atomic E-state index is 13.4. The van der Waals surface area contributed by atoms with Crippen molar-refractivity contribution in [2.24, 2.45) is 21.8 Å². The number of rotatable bonds is 19. The van der Waals surface area contributed by atoms with Gasteiger partial charge in [-0.1, -0.05) is 86.3 Å². The van der Waals surface area contributed by atoms with Gasteiger partial charge in [0.2, 0.25) is 5.91 Å². The molecule has 1 aromatic rings. The van der Waals surface area contributed by atoms with E-state index in [9.17, 15) is 4.79 Å². The van der Waals surface area contributed by atoms with Crippen LogP contribution < -0.4 is 27.9 Å². The molecule has 0 bridgehead atoms. The molecule has 6 N–H and O–H groups in total. The predicted octanol–water partition coefficient (Wildman–Crippen LogP) is 5.38. The highest BCUT2D eigenvalue weighted by Crippen LogP contribution is 2.16. The van der Waals surface area contributed by atoms with E-state index in [2.05, 4.69) is 53.4 Å². The third-order valence-electron chi connectivity index (χ3n) is 6.99. The summed E-state index contributed by atoms with van der Waals surface area (Å²) >= 11 is 6.03. The molecule has 46 heavy (non-hydrogen) atoms. The number of nitrogens with two attached hydrogens (primary N) is 2. The monoisotopic (exact) mass is 652 g/mol. The second-order valence-corrected chi connectivity index (χ2v) is 10.7. The number of alkyl halides is 1. The van der Waals surface area contributed by atoms with Crippen molar-refractivity contribution in [1.29, 1.82) is 0 Å². The number of aryl methyl sites for hydroxylation is 1. The summed E-state index contributed by atoms with van der Waals surface area (Å²) in [4.78, 5) is 18.0. The highest BCUT2D eigenvalue weighted by atomic mass is 35.5. The number of nitrogens with one attached hydrogen (secondary N) is 2. The van der Waals surface area contributed by atoms with Crippen LogP contribution in [-0.4, -0.2) is 52.7 Å². The van der Waals surface area contributed by atoms with Crippen LogP contribution in [-0.2, 0) is 16.1 Å². The molecule has 0 aliphatic rings. The number of nitrogens with zero attached hydrogens (tertiary/aromatic N) is 4. The van der Waals surface area contributed by atoms with Gasteiger partial charge >= 0.3 is 0 Å². The lowest BCUT2D eigenvalue weighted by atomic mass is 10.0. The van der Waals surface area contributed by atoms with Crippen molar-refractivity contribution < 1.29 is 9.53 Å². The number of hydrazone groups is 1. The van der Waals surface area contributed by atoms with Crippen LogP contribution in [0, 0.1) is 0 Å². The molecule has 11 heteroatoms. The Morgan fingerprint density at radius 1 is 1.20 bits per heavy atom. The van der Waals surface area contributed by atoms with Crippen molar-refractivity contribution in [1.82, 2.24) is 20.5 Å². The van der Waals surface area contributed by atoms with Gasteiger partial charge in [0, 0.05) is 12.4 Å². The number of carbonyl (C=O) groups excluding carboxylic acids is 1. The lowest BCUT2D eigenvalue weighted by Crippen LogP contribution is -2.51. The lowest BCUT2D eigenvalue weighted by molar-refractivity contribution is -0.122. The summed E-state index contributed by atoms with van der Waals surface area (Å²) < 4.78 is 7.52. The molecule has 1 heterocycles. The maximum atomic E-state index is 13.4. The normalized spacial score (nSPS) is 15.5. The molecular formula is C35H53ClN8O2. The maximum Gasteiger partial charge on any atom is 0.245 e. The molecule has 0 aromatic carbocycles. The van der Waals surface area contributed by atoms with E-state index in [0.717, 1.165) is 40.8 Å². The predicted molar refractivity (Wildman–Crippen MR) is 193 cm³/mol. The van der Waals surface area contributed by atoms with Gasteiger partial charge in [-0.3, -0.25) is 9.79 Å². The minimum absolute atomic E-state index is 0.237. The van der Waals surface area contributed by atoms with Crippen LogP contribution >= 0.6 is 11.6 Å². The number of ether oxygens (including phenoxy) is 1. The number of carbonyl (C=O) groups is 1. The Labute approximate surface area is 280 Å². The number of amides is 1. The fourth-order valence-electron chi connectivity index (χ4n) is 4.17. The lowest BCUT2D eigenvalue weighted by Gasteiger charge is -2.21. The molecule has 0 fully saturated rings. The van der Waals surface area contributed by atoms with Gasteiger partial charge in [0.05, 0.1) is 24.9 Å². The Bertz CT molecular complexity index is 1390. The minimum Gasteiger partial charge on any atom is -0.373 e. The number of aromatic nitrogens is 2. The standard InChI is InChI=1S/C35H53ClN8O2/c1-8-13-14-16-26(6)25-46-22-15-17-28(9-2)23-32(34(41-37)42-38)40-35(45)27(7)39-33-21-20-31(43-44(33)12-5)30(11-4)19-18-29(10-3)24-36/h8-9,13-21,27,32H,1,10-12,22-25,37-38H2,2-7H3,(H,40,45)(H,41,42)/b14-13-,17-15-,26-16+,28-9+,29-18+,30-19+,39-33?. The summed E-state index contributed by atoms with van der Waals surface area (Å²) in [6.07, 6.45) is 19.5. The Morgan fingerprint density at radius 2 is 1.96 bits per heavy atom. The molecule has 0 aliphatic carbocycles. The topological polar surface area (TPSA) is 145 Å². The average molecular weight is 653 g/mol. The fourth-order valence-corrected chi connectivity index (χ4v) is 4.45. The van der Waals surface area contributed by atoms with Gasteiger partial charge in [-0.25, -0.2) is 10.5 Å². The van der Waals surface area contributed by atoms with Gasteiger partial charge in [-0.2, -0.15) is 10.2 Å². The third kappa shape index (κ3) is 14.4. The first-order valence-electron chi connectivity index (χ1n) is 15.7. The number of allylic oxidation sites excluding steroid dienone is 10. The van der Waals surface area contributed by atoms with Crippen molar-refractivity contribution in [3.63, 3.8) is 0 Å². The van der Waals surface area contributed by atoms with Gasteiger partial charge in [0.15, 0.2) is 5.84 Å². The molecule has 0 spiro atoms. The van der Waals surface area contributed by atoms with E-state index in [1.807, 2.05) is 69.4 Å². The molecule has 2 unspecified atom stereocenters. The van der Waals surface area contributed by atoms with Crippen LogP contribution in [0.5, 0.6) is 0 Å². The summed E-state index contributed by atoms with van der Waals surface area (Å²) in [6, 6.07) is 2.48. The minimum atomic E-state index is -0.722. The van der Waals surface area contributed by atoms with Gasteiger partial charge < -0.3 is 21.3 Å². The van der Waals surface area contributed by atoms with Crippen LogP contribution in [0.25, 0.3) is 5.57 Å². The second-order valence-electron chi connectivity index (χ2n) is 10.4. The summed E-state index contributed by atoms with van der Waals surface area (Å²) in [7, 11) is 0. The van der Waals surface area contributed by atoms with Gasteiger partial charge in [0.1, 0.15) is 11.5 Å². The molecule has 0 saturated heterocycles. The van der Waals surface area contributed by atoms with Crippen molar-refractivity contribution in [2.45, 2.75) is 79.4 Å². The molecule has 1 amide bonds. The zero-order valence-corrected chi connectivity index (χ0v) is 29.1. The Balaban J connectivity index is 3.10.